The molecule has 1 aromatic carbocycles. The molecular weight excluding hydrogens is 260 g/mol. The van der Waals surface area contributed by atoms with E-state index >= 15 is 0 Å². The highest BCUT2D eigenvalue weighted by Crippen LogP contribution is 2.27. The van der Waals surface area contributed by atoms with Gasteiger partial charge in [-0.1, -0.05) is 6.07 Å². The number of nitriles is 1. The van der Waals surface area contributed by atoms with Gasteiger partial charge in [0.25, 0.3) is 0 Å². The topological polar surface area (TPSA) is 44.9 Å². The predicted octanol–water partition coefficient (Wildman–Crippen LogP) is 2.95. The molecule has 108 valence electrons. The number of benzene rings is 1. The lowest BCUT2D eigenvalue weighted by Crippen LogP contribution is -2.38. The maximum Gasteiger partial charge on any atom is 0.123 e. The molecule has 0 bridgehead atoms. The molecule has 0 N–H and O–H groups in total. The zero-order valence-corrected chi connectivity index (χ0v) is 12.8. The Hall–Kier alpha value is -2.12. The van der Waals surface area contributed by atoms with E-state index in [0.717, 1.165) is 36.7 Å². The van der Waals surface area contributed by atoms with Crippen molar-refractivity contribution in [2.45, 2.75) is 39.9 Å². The molecule has 0 saturated heterocycles. The lowest BCUT2D eigenvalue weighted by atomic mass is 10.0. The molecule has 1 aliphatic rings. The maximum atomic E-state index is 8.98. The third kappa shape index (κ3) is 2.45. The molecule has 4 nitrogen and oxygen atoms in total. The normalized spacial score (nSPS) is 15.0. The van der Waals surface area contributed by atoms with Crippen LogP contribution in [-0.2, 0) is 13.1 Å². The van der Waals surface area contributed by atoms with Crippen molar-refractivity contribution in [3.05, 3.63) is 41.3 Å². The number of aryl methyl sites for hydroxylation is 1. The Kier molecular flexibility index (Phi) is 3.52. The highest BCUT2D eigenvalue weighted by molar-refractivity contribution is 5.65. The van der Waals surface area contributed by atoms with Crippen LogP contribution >= 0.6 is 0 Å². The fourth-order valence-corrected chi connectivity index (χ4v) is 2.96. The van der Waals surface area contributed by atoms with Crippen LogP contribution in [0.1, 0.15) is 30.8 Å². The molecular formula is C17H20N4. The molecule has 2 aromatic rings. The van der Waals surface area contributed by atoms with Gasteiger partial charge in [-0.05, 0) is 38.5 Å². The van der Waals surface area contributed by atoms with Crippen molar-refractivity contribution in [3.63, 3.8) is 0 Å². The van der Waals surface area contributed by atoms with Gasteiger partial charge in [0.15, 0.2) is 0 Å². The van der Waals surface area contributed by atoms with Crippen LogP contribution in [-0.4, -0.2) is 27.0 Å². The quantitative estimate of drug-likeness (QED) is 0.849. The Bertz CT molecular complexity index is 706. The molecule has 0 saturated carbocycles. The van der Waals surface area contributed by atoms with Crippen LogP contribution in [0.4, 0.5) is 0 Å². The first-order chi connectivity index (χ1) is 10.1. The number of hydrogen-bond donors (Lipinski definition) is 0. The summed E-state index contributed by atoms with van der Waals surface area (Å²) in [6, 6.07) is 8.60. The SMILES string of the molecule is Cc1cc(C#N)ccc1-c1cnc2n1CCN(C(C)C)C2. The summed E-state index contributed by atoms with van der Waals surface area (Å²) < 4.78 is 2.31. The number of aromatic nitrogens is 2. The van der Waals surface area contributed by atoms with Crippen LogP contribution in [0, 0.1) is 18.3 Å². The van der Waals surface area contributed by atoms with E-state index in [1.54, 1.807) is 0 Å². The van der Waals surface area contributed by atoms with Crippen LogP contribution in [0.2, 0.25) is 0 Å². The van der Waals surface area contributed by atoms with Crippen LogP contribution in [0.3, 0.4) is 0 Å². The molecule has 2 heterocycles. The summed E-state index contributed by atoms with van der Waals surface area (Å²) in [7, 11) is 0. The predicted molar refractivity (Wildman–Crippen MR) is 82.7 cm³/mol. The van der Waals surface area contributed by atoms with Gasteiger partial charge < -0.3 is 4.57 Å². The second-order valence-electron chi connectivity index (χ2n) is 5.92. The summed E-state index contributed by atoms with van der Waals surface area (Å²) in [5.74, 6) is 1.13. The zero-order chi connectivity index (χ0) is 15.0. The lowest BCUT2D eigenvalue weighted by Gasteiger charge is -2.31. The minimum absolute atomic E-state index is 0.551. The third-order valence-electron chi connectivity index (χ3n) is 4.26. The first-order valence-electron chi connectivity index (χ1n) is 7.39. The molecule has 0 atom stereocenters. The molecule has 0 unspecified atom stereocenters. The summed E-state index contributed by atoms with van der Waals surface area (Å²) in [6.45, 7) is 9.45. The van der Waals surface area contributed by atoms with Gasteiger partial charge >= 0.3 is 0 Å². The van der Waals surface area contributed by atoms with E-state index in [9.17, 15) is 0 Å². The minimum atomic E-state index is 0.551. The fourth-order valence-electron chi connectivity index (χ4n) is 2.96. The Morgan fingerprint density at radius 2 is 2.10 bits per heavy atom. The number of nitrogens with zero attached hydrogens (tertiary/aromatic N) is 4. The second kappa shape index (κ2) is 5.34. The number of hydrogen-bond acceptors (Lipinski definition) is 3. The maximum absolute atomic E-state index is 8.98. The van der Waals surface area contributed by atoms with Crippen LogP contribution in [0.15, 0.2) is 24.4 Å². The van der Waals surface area contributed by atoms with Gasteiger partial charge in [-0.15, -0.1) is 0 Å². The van der Waals surface area contributed by atoms with E-state index in [4.69, 9.17) is 5.26 Å². The van der Waals surface area contributed by atoms with Crippen LogP contribution in [0.25, 0.3) is 11.3 Å². The van der Waals surface area contributed by atoms with Crippen molar-refractivity contribution < 1.29 is 0 Å². The van der Waals surface area contributed by atoms with Gasteiger partial charge in [0.1, 0.15) is 5.82 Å². The van der Waals surface area contributed by atoms with Gasteiger partial charge in [0, 0.05) is 24.7 Å². The summed E-state index contributed by atoms with van der Waals surface area (Å²) in [5.41, 5.74) is 4.17. The van der Waals surface area contributed by atoms with E-state index in [0.29, 0.717) is 11.6 Å². The lowest BCUT2D eigenvalue weighted by molar-refractivity contribution is 0.174. The molecule has 4 heteroatoms. The van der Waals surface area contributed by atoms with Crippen molar-refractivity contribution in [2.75, 3.05) is 6.54 Å². The minimum Gasteiger partial charge on any atom is -0.326 e. The summed E-state index contributed by atoms with van der Waals surface area (Å²) in [6.07, 6.45) is 1.97. The average Bonchev–Trinajstić information content (AvgIpc) is 2.89. The highest BCUT2D eigenvalue weighted by atomic mass is 15.3. The van der Waals surface area contributed by atoms with Gasteiger partial charge in [0.05, 0.1) is 30.1 Å². The smallest absolute Gasteiger partial charge is 0.123 e. The number of imidazole rings is 1. The standard InChI is InChI=1S/C17H20N4/c1-12(2)20-6-7-21-16(10-19-17(21)11-20)15-5-4-14(9-18)8-13(15)3/h4-5,8,10,12H,6-7,11H2,1-3H3. The Morgan fingerprint density at radius 3 is 2.76 bits per heavy atom. The average molecular weight is 280 g/mol. The molecule has 0 amide bonds. The van der Waals surface area contributed by atoms with Crippen molar-refractivity contribution >= 4 is 0 Å². The molecule has 0 spiro atoms. The van der Waals surface area contributed by atoms with E-state index in [2.05, 4.69) is 41.3 Å². The summed E-state index contributed by atoms with van der Waals surface area (Å²) in [5, 5.41) is 8.98. The fraction of sp³-hybridized carbons (Fsp3) is 0.412. The van der Waals surface area contributed by atoms with E-state index in [1.165, 1.54) is 5.56 Å². The first-order valence-corrected chi connectivity index (χ1v) is 7.39. The van der Waals surface area contributed by atoms with E-state index in [1.807, 2.05) is 24.4 Å². The molecule has 3 rings (SSSR count). The zero-order valence-electron chi connectivity index (χ0n) is 12.8. The van der Waals surface area contributed by atoms with Gasteiger partial charge in [-0.3, -0.25) is 4.90 Å². The van der Waals surface area contributed by atoms with Crippen molar-refractivity contribution in [2.24, 2.45) is 0 Å². The largest absolute Gasteiger partial charge is 0.326 e. The van der Waals surface area contributed by atoms with Crippen molar-refractivity contribution in [3.8, 4) is 17.3 Å². The number of rotatable bonds is 2. The Balaban J connectivity index is 1.98. The number of fused-ring (bicyclic) bond motifs is 1. The van der Waals surface area contributed by atoms with Crippen molar-refractivity contribution in [1.29, 1.82) is 5.26 Å². The molecule has 1 aromatic heterocycles. The monoisotopic (exact) mass is 280 g/mol. The first kappa shape index (κ1) is 13.8. The highest BCUT2D eigenvalue weighted by Gasteiger charge is 2.22. The molecule has 0 fully saturated rings. The van der Waals surface area contributed by atoms with Crippen LogP contribution in [0.5, 0.6) is 0 Å². The van der Waals surface area contributed by atoms with Gasteiger partial charge in [0.2, 0.25) is 0 Å². The molecule has 1 aliphatic heterocycles. The Morgan fingerprint density at radius 1 is 1.29 bits per heavy atom. The summed E-state index contributed by atoms with van der Waals surface area (Å²) >= 11 is 0. The van der Waals surface area contributed by atoms with Crippen LogP contribution < -0.4 is 0 Å². The summed E-state index contributed by atoms with van der Waals surface area (Å²) in [4.78, 5) is 7.05. The third-order valence-corrected chi connectivity index (χ3v) is 4.26. The molecule has 0 aliphatic carbocycles. The van der Waals surface area contributed by atoms with E-state index < -0.39 is 0 Å². The van der Waals surface area contributed by atoms with Crippen molar-refractivity contribution in [1.82, 2.24) is 14.5 Å². The molecule has 0 radical (unpaired) electrons. The Labute approximate surface area is 125 Å². The second-order valence-corrected chi connectivity index (χ2v) is 5.92. The van der Waals surface area contributed by atoms with Gasteiger partial charge in [-0.25, -0.2) is 4.98 Å². The molecule has 21 heavy (non-hydrogen) atoms. The van der Waals surface area contributed by atoms with E-state index in [-0.39, 0.29) is 0 Å². The van der Waals surface area contributed by atoms with Gasteiger partial charge in [-0.2, -0.15) is 5.26 Å².